The van der Waals surface area contributed by atoms with Crippen LogP contribution in [0, 0.1) is 0 Å². The fraction of sp³-hybridized carbons (Fsp3) is 0.524. The Morgan fingerprint density at radius 1 is 1.30 bits per heavy atom. The van der Waals surface area contributed by atoms with Gasteiger partial charge in [-0.3, -0.25) is 14.4 Å². The fourth-order valence-corrected chi connectivity index (χ4v) is 4.23. The topological polar surface area (TPSA) is 98.1 Å². The second-order valence-electron chi connectivity index (χ2n) is 7.68. The van der Waals surface area contributed by atoms with Crippen LogP contribution < -0.4 is 14.8 Å². The number of amides is 1. The van der Waals surface area contributed by atoms with Crippen LogP contribution in [0.1, 0.15) is 16.8 Å². The van der Waals surface area contributed by atoms with Crippen molar-refractivity contribution < 1.29 is 24.1 Å². The molecule has 1 saturated carbocycles. The maximum absolute atomic E-state index is 12.8. The van der Waals surface area contributed by atoms with Crippen molar-refractivity contribution in [1.29, 1.82) is 0 Å². The Bertz CT molecular complexity index is 867. The number of carbonyl (C=O) groups excluding carboxylic acids is 1. The summed E-state index contributed by atoms with van der Waals surface area (Å²) in [6.45, 7) is 2.61. The third-order valence-electron chi connectivity index (χ3n) is 5.71. The van der Waals surface area contributed by atoms with Gasteiger partial charge in [-0.25, -0.2) is 0 Å². The van der Waals surface area contributed by atoms with E-state index in [9.17, 15) is 9.90 Å². The Kier molecular flexibility index (Phi) is 6.21. The van der Waals surface area contributed by atoms with E-state index in [1.165, 1.54) is 6.20 Å². The lowest BCUT2D eigenvalue weighted by Gasteiger charge is -2.37. The van der Waals surface area contributed by atoms with E-state index in [0.717, 1.165) is 0 Å². The summed E-state index contributed by atoms with van der Waals surface area (Å²) in [6, 6.07) is 6.78. The van der Waals surface area contributed by atoms with Gasteiger partial charge >= 0.3 is 0 Å². The van der Waals surface area contributed by atoms with Crippen LogP contribution in [0.3, 0.4) is 0 Å². The lowest BCUT2D eigenvalue weighted by Crippen LogP contribution is -2.56. The average molecular weight is 416 g/mol. The maximum atomic E-state index is 12.8. The summed E-state index contributed by atoms with van der Waals surface area (Å²) in [6.07, 6.45) is 2.49. The molecule has 1 aromatic carbocycles. The smallest absolute Gasteiger partial charge is 0.254 e. The van der Waals surface area contributed by atoms with E-state index in [1.54, 1.807) is 31.1 Å². The number of carbonyl (C=O) groups is 1. The molecule has 0 bridgehead atoms. The Labute approximate surface area is 175 Å². The van der Waals surface area contributed by atoms with Gasteiger partial charge < -0.3 is 24.6 Å². The van der Waals surface area contributed by atoms with Crippen LogP contribution in [-0.2, 0) is 11.8 Å². The lowest BCUT2D eigenvalue weighted by atomic mass is 10.1. The molecule has 2 N–H and O–H groups in total. The van der Waals surface area contributed by atoms with Gasteiger partial charge in [0.15, 0.2) is 0 Å². The minimum absolute atomic E-state index is 0.208. The van der Waals surface area contributed by atoms with E-state index in [1.807, 2.05) is 18.2 Å². The third kappa shape index (κ3) is 4.43. The molecule has 2 heterocycles. The molecular weight excluding hydrogens is 388 g/mol. The number of rotatable bonds is 6. The third-order valence-corrected chi connectivity index (χ3v) is 5.71. The summed E-state index contributed by atoms with van der Waals surface area (Å²) in [4.78, 5) is 14.9. The van der Waals surface area contributed by atoms with Gasteiger partial charge in [-0.1, -0.05) is 6.07 Å². The van der Waals surface area contributed by atoms with Crippen LogP contribution in [0.2, 0.25) is 0 Å². The first-order chi connectivity index (χ1) is 14.5. The van der Waals surface area contributed by atoms with Gasteiger partial charge in [-0.2, -0.15) is 5.10 Å². The number of methoxy groups -OCH3 is 1. The highest BCUT2D eigenvalue weighted by Gasteiger charge is 2.47. The molecule has 1 aromatic heterocycles. The Balaban J connectivity index is 1.52. The molecule has 30 heavy (non-hydrogen) atoms. The molecule has 2 aliphatic rings. The second-order valence-corrected chi connectivity index (χ2v) is 7.68. The van der Waals surface area contributed by atoms with Crippen LogP contribution >= 0.6 is 0 Å². The van der Waals surface area contributed by atoms with E-state index in [4.69, 9.17) is 14.2 Å². The van der Waals surface area contributed by atoms with Crippen molar-refractivity contribution in [2.45, 2.75) is 30.7 Å². The molecule has 1 aliphatic heterocycles. The number of aliphatic hydroxyl groups excluding tert-OH is 1. The summed E-state index contributed by atoms with van der Waals surface area (Å²) < 4.78 is 18.4. The Morgan fingerprint density at radius 2 is 2.07 bits per heavy atom. The number of aryl methyl sites for hydroxylation is 1. The first-order valence-corrected chi connectivity index (χ1v) is 10.2. The summed E-state index contributed by atoms with van der Waals surface area (Å²) in [5, 5.41) is 18.3. The first-order valence-electron chi connectivity index (χ1n) is 10.2. The first kappa shape index (κ1) is 20.6. The van der Waals surface area contributed by atoms with Crippen LogP contribution in [-0.4, -0.2) is 83.4 Å². The zero-order chi connectivity index (χ0) is 21.1. The average Bonchev–Trinajstić information content (AvgIpc) is 3.32. The second kappa shape index (κ2) is 9.03. The number of morpholine rings is 1. The van der Waals surface area contributed by atoms with Gasteiger partial charge in [-0.05, 0) is 12.1 Å². The predicted octanol–water partition coefficient (Wildman–Crippen LogP) is 0.440. The van der Waals surface area contributed by atoms with Crippen molar-refractivity contribution in [3.63, 3.8) is 0 Å². The highest BCUT2D eigenvalue weighted by atomic mass is 16.5. The van der Waals surface area contributed by atoms with E-state index in [0.29, 0.717) is 49.8 Å². The number of nitrogens with one attached hydrogen (secondary N) is 1. The number of aromatic nitrogens is 2. The van der Waals surface area contributed by atoms with Crippen molar-refractivity contribution in [3.8, 4) is 11.5 Å². The van der Waals surface area contributed by atoms with Gasteiger partial charge in [-0.15, -0.1) is 0 Å². The molecule has 1 amide bonds. The summed E-state index contributed by atoms with van der Waals surface area (Å²) in [7, 11) is 3.37. The molecule has 9 heteroatoms. The van der Waals surface area contributed by atoms with Crippen LogP contribution in [0.25, 0.3) is 0 Å². The number of aliphatic hydroxyl groups is 1. The molecule has 0 unspecified atom stereocenters. The lowest BCUT2D eigenvalue weighted by molar-refractivity contribution is -0.0350. The minimum atomic E-state index is -0.756. The Morgan fingerprint density at radius 3 is 2.77 bits per heavy atom. The molecule has 4 atom stereocenters. The quantitative estimate of drug-likeness (QED) is 0.705. The van der Waals surface area contributed by atoms with Gasteiger partial charge in [0.1, 0.15) is 23.7 Å². The van der Waals surface area contributed by atoms with Crippen molar-refractivity contribution in [2.75, 3.05) is 33.4 Å². The molecule has 9 nitrogen and oxygen atoms in total. The largest absolute Gasteiger partial charge is 0.497 e. The van der Waals surface area contributed by atoms with Crippen molar-refractivity contribution in [3.05, 3.63) is 42.2 Å². The number of hydrogen-bond acceptors (Lipinski definition) is 7. The summed E-state index contributed by atoms with van der Waals surface area (Å²) >= 11 is 0. The summed E-state index contributed by atoms with van der Waals surface area (Å²) in [5.41, 5.74) is 0.491. The Hall–Kier alpha value is -2.62. The normalized spacial score (nSPS) is 27.0. The van der Waals surface area contributed by atoms with E-state index in [2.05, 4.69) is 15.3 Å². The van der Waals surface area contributed by atoms with Crippen LogP contribution in [0.15, 0.2) is 36.7 Å². The molecule has 162 valence electrons. The molecular formula is C21H28N4O5. The predicted molar refractivity (Wildman–Crippen MR) is 109 cm³/mol. The van der Waals surface area contributed by atoms with Gasteiger partial charge in [0, 0.05) is 38.8 Å². The van der Waals surface area contributed by atoms with E-state index < -0.39 is 12.2 Å². The number of benzene rings is 1. The highest BCUT2D eigenvalue weighted by molar-refractivity contribution is 5.94. The van der Waals surface area contributed by atoms with Gasteiger partial charge in [0.25, 0.3) is 5.91 Å². The number of hydrogen-bond donors (Lipinski definition) is 2. The van der Waals surface area contributed by atoms with Crippen LogP contribution in [0.4, 0.5) is 0 Å². The standard InChI is InChI=1S/C21H28N4O5/c1-24-13-14(12-22-24)21(27)23-17-11-18(30-16-5-3-4-15(10-16)28-2)20(26)19(17)25-6-8-29-9-7-25/h3-5,10,12-13,17-20,26H,6-9,11H2,1-2H3,(H,23,27)/t17-,18-,19+,20+/m1/s1. The van der Waals surface area contributed by atoms with Crippen molar-refractivity contribution in [1.82, 2.24) is 20.0 Å². The fourth-order valence-electron chi connectivity index (χ4n) is 4.23. The molecule has 2 fully saturated rings. The van der Waals surface area contributed by atoms with Crippen molar-refractivity contribution in [2.24, 2.45) is 7.05 Å². The van der Waals surface area contributed by atoms with E-state index >= 15 is 0 Å². The molecule has 1 aliphatic carbocycles. The van der Waals surface area contributed by atoms with Gasteiger partial charge in [0.2, 0.25) is 0 Å². The molecule has 0 radical (unpaired) electrons. The molecule has 2 aromatic rings. The van der Waals surface area contributed by atoms with E-state index in [-0.39, 0.29) is 18.0 Å². The summed E-state index contributed by atoms with van der Waals surface area (Å²) in [5.74, 6) is 1.10. The number of ether oxygens (including phenoxy) is 3. The zero-order valence-electron chi connectivity index (χ0n) is 17.2. The molecule has 0 spiro atoms. The monoisotopic (exact) mass is 416 g/mol. The minimum Gasteiger partial charge on any atom is -0.497 e. The van der Waals surface area contributed by atoms with Gasteiger partial charge in [0.05, 0.1) is 44.2 Å². The maximum Gasteiger partial charge on any atom is 0.254 e. The zero-order valence-corrected chi connectivity index (χ0v) is 17.2. The molecule has 4 rings (SSSR count). The number of nitrogens with zero attached hydrogens (tertiary/aromatic N) is 3. The highest BCUT2D eigenvalue weighted by Crippen LogP contribution is 2.31. The molecule has 1 saturated heterocycles. The van der Waals surface area contributed by atoms with Crippen LogP contribution in [0.5, 0.6) is 11.5 Å². The SMILES string of the molecule is COc1cccc(O[C@@H]2C[C@@H](NC(=O)c3cnn(C)c3)[C@H](N3CCOCC3)[C@H]2O)c1. The van der Waals surface area contributed by atoms with Crippen molar-refractivity contribution >= 4 is 5.91 Å².